The van der Waals surface area contributed by atoms with Gasteiger partial charge in [-0.05, 0) is 42.8 Å². The maximum Gasteiger partial charge on any atom is 0.416 e. The van der Waals surface area contributed by atoms with E-state index in [2.05, 4.69) is 0 Å². The summed E-state index contributed by atoms with van der Waals surface area (Å²) in [6, 6.07) is 6.44. The number of hydrogen-bond acceptors (Lipinski definition) is 4. The van der Waals surface area contributed by atoms with Crippen LogP contribution in [0.1, 0.15) is 28.4 Å². The van der Waals surface area contributed by atoms with Gasteiger partial charge in [-0.3, -0.25) is 4.79 Å². The zero-order valence-corrected chi connectivity index (χ0v) is 13.6. The molecule has 0 saturated heterocycles. The number of rotatable bonds is 5. The van der Waals surface area contributed by atoms with Crippen molar-refractivity contribution < 1.29 is 35.0 Å². The fourth-order valence-electron chi connectivity index (χ4n) is 2.00. The number of carbonyl (C=O) groups is 1. The summed E-state index contributed by atoms with van der Waals surface area (Å²) in [4.78, 5) is 11.3. The molecule has 0 bridgehead atoms. The van der Waals surface area contributed by atoms with Gasteiger partial charge in [0.1, 0.15) is 17.3 Å². The second kappa shape index (κ2) is 6.83. The summed E-state index contributed by atoms with van der Waals surface area (Å²) in [5.41, 5.74) is -1.15. The van der Waals surface area contributed by atoms with E-state index in [-0.39, 0.29) is 16.9 Å². The average molecular weight is 376 g/mol. The molecule has 2 aromatic rings. The molecule has 0 saturated carbocycles. The zero-order chi connectivity index (χ0) is 18.8. The Balaban J connectivity index is 2.17. The largest absolute Gasteiger partial charge is 0.416 e. The van der Waals surface area contributed by atoms with Gasteiger partial charge in [0.15, 0.2) is 5.78 Å². The molecule has 134 valence electrons. The summed E-state index contributed by atoms with van der Waals surface area (Å²) in [5.74, 6) is -2.38. The SMILES string of the molecule is CC(=O)c1cc(OS(=O)(=O)Cc2ccc(C(F)(F)F)cc2)ccc1F. The lowest BCUT2D eigenvalue weighted by Crippen LogP contribution is -2.13. The Morgan fingerprint density at radius 1 is 1.08 bits per heavy atom. The van der Waals surface area contributed by atoms with Gasteiger partial charge in [0.05, 0.1) is 11.1 Å². The lowest BCUT2D eigenvalue weighted by atomic mass is 10.1. The first-order valence-corrected chi connectivity index (χ1v) is 8.44. The van der Waals surface area contributed by atoms with Crippen molar-refractivity contribution in [1.29, 1.82) is 0 Å². The van der Waals surface area contributed by atoms with Crippen LogP contribution in [0.5, 0.6) is 5.75 Å². The van der Waals surface area contributed by atoms with Gasteiger partial charge in [0, 0.05) is 0 Å². The monoisotopic (exact) mass is 376 g/mol. The molecule has 0 fully saturated rings. The predicted octanol–water partition coefficient (Wildman–Crippen LogP) is 3.96. The van der Waals surface area contributed by atoms with Crippen LogP contribution in [0.25, 0.3) is 0 Å². The molecule has 0 atom stereocenters. The smallest absolute Gasteiger partial charge is 0.382 e. The Labute approximate surface area is 141 Å². The molecule has 0 unspecified atom stereocenters. The van der Waals surface area contributed by atoms with Crippen molar-refractivity contribution >= 4 is 15.9 Å². The maximum absolute atomic E-state index is 13.4. The minimum absolute atomic E-state index is 0.0851. The summed E-state index contributed by atoms with van der Waals surface area (Å²) in [6.07, 6.45) is -4.52. The molecular formula is C16H12F4O4S. The van der Waals surface area contributed by atoms with Crippen LogP contribution in [0, 0.1) is 5.82 Å². The van der Waals surface area contributed by atoms with Gasteiger partial charge in [-0.25, -0.2) is 4.39 Å². The molecule has 0 spiro atoms. The molecule has 0 aliphatic carbocycles. The number of Topliss-reactive ketones (excluding diaryl/α,β-unsaturated/α-hetero) is 1. The van der Waals surface area contributed by atoms with E-state index in [0.29, 0.717) is 0 Å². The van der Waals surface area contributed by atoms with Gasteiger partial charge in [-0.1, -0.05) is 12.1 Å². The van der Waals surface area contributed by atoms with Crippen molar-refractivity contribution in [2.75, 3.05) is 0 Å². The van der Waals surface area contributed by atoms with Crippen LogP contribution in [0.4, 0.5) is 17.6 Å². The third-order valence-electron chi connectivity index (χ3n) is 3.17. The lowest BCUT2D eigenvalue weighted by molar-refractivity contribution is -0.137. The van der Waals surface area contributed by atoms with Crippen LogP contribution in [-0.4, -0.2) is 14.2 Å². The van der Waals surface area contributed by atoms with Crippen molar-refractivity contribution in [2.45, 2.75) is 18.9 Å². The number of hydrogen-bond donors (Lipinski definition) is 0. The zero-order valence-electron chi connectivity index (χ0n) is 12.8. The highest BCUT2D eigenvalue weighted by Crippen LogP contribution is 2.29. The summed E-state index contributed by atoms with van der Waals surface area (Å²) in [7, 11) is -4.21. The number of ketones is 1. The van der Waals surface area contributed by atoms with Crippen LogP contribution in [-0.2, 0) is 22.0 Å². The van der Waals surface area contributed by atoms with Gasteiger partial charge in [0.25, 0.3) is 0 Å². The summed E-state index contributed by atoms with van der Waals surface area (Å²) >= 11 is 0. The molecule has 4 nitrogen and oxygen atoms in total. The van der Waals surface area contributed by atoms with Crippen molar-refractivity contribution in [1.82, 2.24) is 0 Å². The number of alkyl halides is 3. The van der Waals surface area contributed by atoms with Gasteiger partial charge < -0.3 is 4.18 Å². The molecule has 0 aliphatic heterocycles. The molecule has 0 aliphatic rings. The fraction of sp³-hybridized carbons (Fsp3) is 0.188. The third-order valence-corrected chi connectivity index (χ3v) is 4.30. The molecule has 0 aromatic heterocycles. The van der Waals surface area contributed by atoms with E-state index in [1.807, 2.05) is 0 Å². The van der Waals surface area contributed by atoms with E-state index in [0.717, 1.165) is 49.4 Å². The van der Waals surface area contributed by atoms with E-state index in [1.165, 1.54) is 0 Å². The van der Waals surface area contributed by atoms with Crippen molar-refractivity contribution in [3.63, 3.8) is 0 Å². The Kier molecular flexibility index (Phi) is 5.17. The minimum atomic E-state index is -4.52. The highest BCUT2D eigenvalue weighted by Gasteiger charge is 2.30. The van der Waals surface area contributed by atoms with Crippen molar-refractivity contribution in [2.24, 2.45) is 0 Å². The van der Waals surface area contributed by atoms with Gasteiger partial charge in [0.2, 0.25) is 0 Å². The summed E-state index contributed by atoms with van der Waals surface area (Å²) in [5, 5.41) is 0. The first-order valence-electron chi connectivity index (χ1n) is 6.87. The van der Waals surface area contributed by atoms with Crippen LogP contribution >= 0.6 is 0 Å². The highest BCUT2D eigenvalue weighted by atomic mass is 32.2. The standard InChI is InChI=1S/C16H12F4O4S/c1-10(21)14-8-13(6-7-15(14)17)24-25(22,23)9-11-2-4-12(5-3-11)16(18,19)20/h2-8H,9H2,1H3. The van der Waals surface area contributed by atoms with E-state index in [4.69, 9.17) is 4.18 Å². The van der Waals surface area contributed by atoms with E-state index < -0.39 is 39.2 Å². The molecule has 0 heterocycles. The molecule has 0 N–H and O–H groups in total. The van der Waals surface area contributed by atoms with Crippen LogP contribution in [0.15, 0.2) is 42.5 Å². The molecule has 2 rings (SSSR count). The second-order valence-electron chi connectivity index (χ2n) is 5.18. The first-order chi connectivity index (χ1) is 11.5. The molecule has 0 radical (unpaired) electrons. The Bertz CT molecular complexity index is 887. The molecule has 25 heavy (non-hydrogen) atoms. The Morgan fingerprint density at radius 3 is 2.20 bits per heavy atom. The van der Waals surface area contributed by atoms with Crippen molar-refractivity contribution in [3.05, 3.63) is 65.0 Å². The normalized spacial score (nSPS) is 12.0. The molecule has 9 heteroatoms. The van der Waals surface area contributed by atoms with Crippen LogP contribution < -0.4 is 4.18 Å². The topological polar surface area (TPSA) is 60.4 Å². The number of halogens is 4. The minimum Gasteiger partial charge on any atom is -0.382 e. The Morgan fingerprint density at radius 2 is 1.68 bits per heavy atom. The predicted molar refractivity (Wildman–Crippen MR) is 81.1 cm³/mol. The van der Waals surface area contributed by atoms with E-state index >= 15 is 0 Å². The van der Waals surface area contributed by atoms with Crippen LogP contribution in [0.2, 0.25) is 0 Å². The third kappa shape index (κ3) is 5.02. The van der Waals surface area contributed by atoms with Gasteiger partial charge in [-0.2, -0.15) is 21.6 Å². The number of carbonyl (C=O) groups excluding carboxylic acids is 1. The fourth-order valence-corrected chi connectivity index (χ4v) is 3.05. The number of benzene rings is 2. The lowest BCUT2D eigenvalue weighted by Gasteiger charge is -2.10. The van der Waals surface area contributed by atoms with Gasteiger partial charge >= 0.3 is 16.3 Å². The van der Waals surface area contributed by atoms with Crippen molar-refractivity contribution in [3.8, 4) is 5.75 Å². The highest BCUT2D eigenvalue weighted by molar-refractivity contribution is 7.86. The van der Waals surface area contributed by atoms with E-state index in [9.17, 15) is 30.8 Å². The quantitative estimate of drug-likeness (QED) is 0.450. The van der Waals surface area contributed by atoms with Crippen LogP contribution in [0.3, 0.4) is 0 Å². The second-order valence-corrected chi connectivity index (χ2v) is 6.75. The molecule has 2 aromatic carbocycles. The average Bonchev–Trinajstić information content (AvgIpc) is 2.48. The summed E-state index contributed by atoms with van der Waals surface area (Å²) < 4.78 is 79.6. The molecular weight excluding hydrogens is 364 g/mol. The first kappa shape index (κ1) is 18.9. The van der Waals surface area contributed by atoms with Gasteiger partial charge in [-0.15, -0.1) is 0 Å². The maximum atomic E-state index is 13.4. The van der Waals surface area contributed by atoms with E-state index in [1.54, 1.807) is 0 Å². The Hall–Kier alpha value is -2.42. The molecule has 0 amide bonds. The summed E-state index contributed by atoms with van der Waals surface area (Å²) in [6.45, 7) is 1.11.